The second-order valence-corrected chi connectivity index (χ2v) is 7.46. The van der Waals surface area contributed by atoms with Gasteiger partial charge in [0.15, 0.2) is 0 Å². The monoisotopic (exact) mass is 281 g/mol. The summed E-state index contributed by atoms with van der Waals surface area (Å²) in [5.74, 6) is 1.68. The van der Waals surface area contributed by atoms with E-state index in [1.165, 1.54) is 64.3 Å². The van der Waals surface area contributed by atoms with Gasteiger partial charge in [-0.1, -0.05) is 33.1 Å². The molecule has 1 atom stereocenters. The molecule has 0 saturated heterocycles. The van der Waals surface area contributed by atoms with Crippen molar-refractivity contribution in [2.75, 3.05) is 20.3 Å². The molecule has 2 aliphatic rings. The summed E-state index contributed by atoms with van der Waals surface area (Å²) < 4.78 is 5.47. The van der Waals surface area contributed by atoms with Crippen molar-refractivity contribution < 1.29 is 4.74 Å². The first-order valence-corrected chi connectivity index (χ1v) is 8.92. The molecule has 2 aliphatic carbocycles. The first kappa shape index (κ1) is 16.3. The minimum absolute atomic E-state index is 0.501. The summed E-state index contributed by atoms with van der Waals surface area (Å²) in [4.78, 5) is 0. The highest BCUT2D eigenvalue weighted by molar-refractivity contribution is 4.93. The van der Waals surface area contributed by atoms with Crippen molar-refractivity contribution in [1.82, 2.24) is 5.32 Å². The molecule has 0 radical (unpaired) electrons. The Bertz CT molecular complexity index is 267. The van der Waals surface area contributed by atoms with E-state index in [9.17, 15) is 0 Å². The van der Waals surface area contributed by atoms with E-state index >= 15 is 0 Å². The molecule has 2 rings (SSSR count). The smallest absolute Gasteiger partial charge is 0.0493 e. The molecule has 2 nitrogen and oxygen atoms in total. The molecule has 20 heavy (non-hydrogen) atoms. The van der Waals surface area contributed by atoms with Crippen LogP contribution in [0, 0.1) is 17.3 Å². The van der Waals surface area contributed by atoms with E-state index in [1.807, 2.05) is 7.11 Å². The lowest BCUT2D eigenvalue weighted by Gasteiger charge is -2.45. The standard InChI is InChI=1S/C18H35NO/c1-4-5-6-16-9-11-18(12-10-16,15(2)13-20-3)14-19-17-7-8-17/h15-17,19H,4-14H2,1-3H3. The summed E-state index contributed by atoms with van der Waals surface area (Å²) >= 11 is 0. The molecule has 118 valence electrons. The van der Waals surface area contributed by atoms with Crippen molar-refractivity contribution in [2.45, 2.75) is 77.7 Å². The molecule has 0 aromatic carbocycles. The van der Waals surface area contributed by atoms with E-state index in [0.29, 0.717) is 11.3 Å². The van der Waals surface area contributed by atoms with E-state index in [-0.39, 0.29) is 0 Å². The number of hydrogen-bond donors (Lipinski definition) is 1. The normalized spacial score (nSPS) is 32.2. The highest BCUT2D eigenvalue weighted by Gasteiger charge is 2.40. The van der Waals surface area contributed by atoms with Crippen LogP contribution in [0.3, 0.4) is 0 Å². The summed E-state index contributed by atoms with van der Waals surface area (Å²) in [5.41, 5.74) is 0.501. The molecule has 2 heteroatoms. The minimum Gasteiger partial charge on any atom is -0.384 e. The van der Waals surface area contributed by atoms with Crippen molar-refractivity contribution in [3.63, 3.8) is 0 Å². The van der Waals surface area contributed by atoms with Gasteiger partial charge in [-0.15, -0.1) is 0 Å². The predicted molar refractivity (Wildman–Crippen MR) is 86.0 cm³/mol. The first-order chi connectivity index (χ1) is 9.70. The Morgan fingerprint density at radius 1 is 1.20 bits per heavy atom. The molecule has 2 saturated carbocycles. The number of rotatable bonds is 9. The van der Waals surface area contributed by atoms with Crippen molar-refractivity contribution in [1.29, 1.82) is 0 Å². The van der Waals surface area contributed by atoms with Crippen LogP contribution < -0.4 is 5.32 Å². The van der Waals surface area contributed by atoms with E-state index < -0.39 is 0 Å². The van der Waals surface area contributed by atoms with Gasteiger partial charge in [0.1, 0.15) is 0 Å². The van der Waals surface area contributed by atoms with Crippen LogP contribution in [0.25, 0.3) is 0 Å². The van der Waals surface area contributed by atoms with Gasteiger partial charge in [-0.25, -0.2) is 0 Å². The molecular weight excluding hydrogens is 246 g/mol. The summed E-state index contributed by atoms with van der Waals surface area (Å²) in [6, 6.07) is 0.833. The summed E-state index contributed by atoms with van der Waals surface area (Å²) in [7, 11) is 1.85. The van der Waals surface area contributed by atoms with Crippen molar-refractivity contribution in [2.24, 2.45) is 17.3 Å². The van der Waals surface area contributed by atoms with Gasteiger partial charge >= 0.3 is 0 Å². The maximum Gasteiger partial charge on any atom is 0.0493 e. The molecule has 0 amide bonds. The van der Waals surface area contributed by atoms with Crippen LogP contribution in [-0.4, -0.2) is 26.3 Å². The second-order valence-electron chi connectivity index (χ2n) is 7.46. The summed E-state index contributed by atoms with van der Waals surface area (Å²) in [6.45, 7) is 6.87. The van der Waals surface area contributed by atoms with Gasteiger partial charge in [-0.3, -0.25) is 0 Å². The van der Waals surface area contributed by atoms with E-state index in [2.05, 4.69) is 19.2 Å². The van der Waals surface area contributed by atoms with Gasteiger partial charge in [-0.05, 0) is 55.8 Å². The second kappa shape index (κ2) is 7.79. The van der Waals surface area contributed by atoms with E-state index in [4.69, 9.17) is 4.74 Å². The molecule has 2 fully saturated rings. The van der Waals surface area contributed by atoms with Crippen molar-refractivity contribution in [3.8, 4) is 0 Å². The average Bonchev–Trinajstić information content (AvgIpc) is 3.28. The number of nitrogens with one attached hydrogen (secondary N) is 1. The maximum atomic E-state index is 5.47. The molecule has 0 spiro atoms. The van der Waals surface area contributed by atoms with Gasteiger partial charge < -0.3 is 10.1 Å². The largest absolute Gasteiger partial charge is 0.384 e. The molecule has 0 heterocycles. The SMILES string of the molecule is CCCCC1CCC(CNC2CC2)(C(C)COC)CC1. The maximum absolute atomic E-state index is 5.47. The van der Waals surface area contributed by atoms with Gasteiger partial charge in [-0.2, -0.15) is 0 Å². The van der Waals surface area contributed by atoms with Crippen LogP contribution in [0.2, 0.25) is 0 Å². The molecule has 0 aromatic rings. The Kier molecular flexibility index (Phi) is 6.35. The molecule has 1 unspecified atom stereocenters. The van der Waals surface area contributed by atoms with E-state index in [0.717, 1.165) is 18.6 Å². The molecular formula is C18H35NO. The Morgan fingerprint density at radius 3 is 2.45 bits per heavy atom. The Morgan fingerprint density at radius 2 is 1.90 bits per heavy atom. The minimum atomic E-state index is 0.501. The van der Waals surface area contributed by atoms with Crippen LogP contribution >= 0.6 is 0 Å². The number of methoxy groups -OCH3 is 1. The van der Waals surface area contributed by atoms with Gasteiger partial charge in [0.05, 0.1) is 0 Å². The lowest BCUT2D eigenvalue weighted by Crippen LogP contribution is -2.44. The molecule has 1 N–H and O–H groups in total. The quantitative estimate of drug-likeness (QED) is 0.677. The summed E-state index contributed by atoms with van der Waals surface area (Å²) in [6.07, 6.45) is 12.7. The number of hydrogen-bond acceptors (Lipinski definition) is 2. The third-order valence-electron chi connectivity index (χ3n) is 5.85. The molecule has 0 aromatic heterocycles. The Hall–Kier alpha value is -0.0800. The van der Waals surface area contributed by atoms with Crippen LogP contribution in [0.4, 0.5) is 0 Å². The molecule has 0 bridgehead atoms. The fourth-order valence-electron chi connectivity index (χ4n) is 3.94. The fourth-order valence-corrected chi connectivity index (χ4v) is 3.94. The highest BCUT2D eigenvalue weighted by Crippen LogP contribution is 2.45. The van der Waals surface area contributed by atoms with Gasteiger partial charge in [0.25, 0.3) is 0 Å². The van der Waals surface area contributed by atoms with Crippen molar-refractivity contribution in [3.05, 3.63) is 0 Å². The van der Waals surface area contributed by atoms with Gasteiger partial charge in [0.2, 0.25) is 0 Å². The zero-order valence-corrected chi connectivity index (χ0v) is 13.9. The Balaban J connectivity index is 1.86. The Labute approximate surface area is 126 Å². The van der Waals surface area contributed by atoms with Gasteiger partial charge in [0, 0.05) is 26.3 Å². The van der Waals surface area contributed by atoms with Crippen LogP contribution in [0.15, 0.2) is 0 Å². The van der Waals surface area contributed by atoms with Crippen LogP contribution in [-0.2, 0) is 4.74 Å². The average molecular weight is 281 g/mol. The highest BCUT2D eigenvalue weighted by atomic mass is 16.5. The lowest BCUT2D eigenvalue weighted by atomic mass is 9.63. The van der Waals surface area contributed by atoms with Crippen LogP contribution in [0.1, 0.15) is 71.6 Å². The third-order valence-corrected chi connectivity index (χ3v) is 5.85. The fraction of sp³-hybridized carbons (Fsp3) is 1.00. The predicted octanol–water partition coefficient (Wildman–Crippen LogP) is 4.39. The third kappa shape index (κ3) is 4.46. The first-order valence-electron chi connectivity index (χ1n) is 8.92. The molecule has 0 aliphatic heterocycles. The topological polar surface area (TPSA) is 21.3 Å². The number of ether oxygens (including phenoxy) is 1. The zero-order chi connectivity index (χ0) is 14.4. The summed E-state index contributed by atoms with van der Waals surface area (Å²) in [5, 5.41) is 3.81. The number of unbranched alkanes of at least 4 members (excludes halogenated alkanes) is 1. The van der Waals surface area contributed by atoms with Crippen molar-refractivity contribution >= 4 is 0 Å². The zero-order valence-electron chi connectivity index (χ0n) is 13.9. The lowest BCUT2D eigenvalue weighted by molar-refractivity contribution is 0.0259. The van der Waals surface area contributed by atoms with E-state index in [1.54, 1.807) is 0 Å². The van der Waals surface area contributed by atoms with Crippen LogP contribution in [0.5, 0.6) is 0 Å².